The molecule has 250 valence electrons. The maximum atomic E-state index is 12.0. The Morgan fingerprint density at radius 2 is 1.21 bits per heavy atom. The summed E-state index contributed by atoms with van der Waals surface area (Å²) in [5.41, 5.74) is 5.30. The number of hydrogen-bond acceptors (Lipinski definition) is 10. The molecule has 4 aromatic rings. The van der Waals surface area contributed by atoms with Crippen molar-refractivity contribution in [2.75, 3.05) is 47.4 Å². The Morgan fingerprint density at radius 1 is 0.771 bits per heavy atom. The number of ether oxygens (including phenoxy) is 2. The molecule has 1 N–H and O–H groups in total. The van der Waals surface area contributed by atoms with Gasteiger partial charge in [0, 0.05) is 80.9 Å². The molecule has 6 rings (SSSR count). The van der Waals surface area contributed by atoms with E-state index in [-0.39, 0.29) is 17.7 Å². The van der Waals surface area contributed by atoms with E-state index in [1.54, 1.807) is 33.7 Å². The van der Waals surface area contributed by atoms with Crippen LogP contribution in [-0.2, 0) is 22.7 Å². The summed E-state index contributed by atoms with van der Waals surface area (Å²) in [5, 5.41) is 3.63. The van der Waals surface area contributed by atoms with Crippen LogP contribution in [-0.4, -0.2) is 88.9 Å². The Balaban J connectivity index is 1.23. The maximum Gasteiger partial charge on any atom is 0.237 e. The normalized spacial score (nSPS) is 15.5. The van der Waals surface area contributed by atoms with Gasteiger partial charge in [0.2, 0.25) is 17.7 Å². The molecule has 48 heavy (non-hydrogen) atoms. The highest BCUT2D eigenvalue weighted by atomic mass is 35.5. The Kier molecular flexibility index (Phi) is 10.2. The van der Waals surface area contributed by atoms with E-state index >= 15 is 0 Å². The number of rotatable bonds is 12. The standard InChI is InChI=1S/C35H37Cl2N7O4/c1-5-30(45)20-14-43(15-20)18-28-34(47-3)41-26(12-39-28)24-10-6-8-22(31(24)36)23-9-7-11-25(32(23)37)27-13-40-29(35(42-27)48-4)19-44-16-21(17-44)33(46)38-2/h6-13,20-21H,5,14-19H2,1-4H3,(H,38,46). The number of benzene rings is 2. The first kappa shape index (κ1) is 33.7. The highest BCUT2D eigenvalue weighted by molar-refractivity contribution is 6.39. The molecule has 2 aliphatic heterocycles. The minimum absolute atomic E-state index is 0.0173. The number of likely N-dealkylation sites (tertiary alicyclic amines) is 2. The van der Waals surface area contributed by atoms with Crippen LogP contribution in [0.1, 0.15) is 24.7 Å². The Labute approximate surface area is 289 Å². The van der Waals surface area contributed by atoms with Crippen molar-refractivity contribution < 1.29 is 19.1 Å². The lowest BCUT2D eigenvalue weighted by Crippen LogP contribution is -2.52. The lowest BCUT2D eigenvalue weighted by molar-refractivity contribution is -0.130. The predicted molar refractivity (Wildman–Crippen MR) is 184 cm³/mol. The second-order valence-corrected chi connectivity index (χ2v) is 12.7. The number of Topliss-reactive ketones (excluding diaryl/α,β-unsaturated/α-hetero) is 1. The summed E-state index contributed by atoms with van der Waals surface area (Å²) >= 11 is 14.1. The molecule has 2 aromatic carbocycles. The van der Waals surface area contributed by atoms with Crippen molar-refractivity contribution in [1.82, 2.24) is 35.1 Å². The summed E-state index contributed by atoms with van der Waals surface area (Å²) < 4.78 is 11.2. The molecule has 0 radical (unpaired) electrons. The largest absolute Gasteiger partial charge is 0.480 e. The number of halogens is 2. The van der Waals surface area contributed by atoms with E-state index in [4.69, 9.17) is 42.6 Å². The second kappa shape index (κ2) is 14.5. The van der Waals surface area contributed by atoms with Gasteiger partial charge < -0.3 is 14.8 Å². The van der Waals surface area contributed by atoms with Crippen molar-refractivity contribution >= 4 is 34.9 Å². The second-order valence-electron chi connectivity index (χ2n) is 12.0. The van der Waals surface area contributed by atoms with Crippen LogP contribution in [0.5, 0.6) is 11.8 Å². The summed E-state index contributed by atoms with van der Waals surface area (Å²) in [6.07, 6.45) is 3.93. The molecule has 0 atom stereocenters. The van der Waals surface area contributed by atoms with Gasteiger partial charge in [0.25, 0.3) is 0 Å². The van der Waals surface area contributed by atoms with Crippen molar-refractivity contribution in [1.29, 1.82) is 0 Å². The average Bonchev–Trinajstić information content (AvgIpc) is 3.07. The third-order valence-electron chi connectivity index (χ3n) is 8.93. The topological polar surface area (TPSA) is 123 Å². The van der Waals surface area contributed by atoms with Gasteiger partial charge in [0.05, 0.1) is 54.0 Å². The summed E-state index contributed by atoms with van der Waals surface area (Å²) in [5.74, 6) is 1.23. The van der Waals surface area contributed by atoms with Gasteiger partial charge >= 0.3 is 0 Å². The van der Waals surface area contributed by atoms with Gasteiger partial charge in [-0.3, -0.25) is 29.4 Å². The smallest absolute Gasteiger partial charge is 0.237 e. The maximum absolute atomic E-state index is 12.0. The third-order valence-corrected chi connectivity index (χ3v) is 9.75. The monoisotopic (exact) mass is 689 g/mol. The SMILES string of the molecule is CCC(=O)C1CN(Cc2ncc(-c3cccc(-c4cccc(-c5cnc(CN6CC(C(=O)NC)C6)c(OC)n5)c4Cl)c3Cl)nc2OC)C1. The minimum atomic E-state index is -0.0173. The van der Waals surface area contributed by atoms with E-state index in [1.165, 1.54) is 0 Å². The molecule has 4 heterocycles. The average molecular weight is 691 g/mol. The molecule has 2 aromatic heterocycles. The summed E-state index contributed by atoms with van der Waals surface area (Å²) in [7, 11) is 4.78. The fourth-order valence-corrected chi connectivity index (χ4v) is 6.81. The van der Waals surface area contributed by atoms with Crippen LogP contribution in [0, 0.1) is 11.8 Å². The van der Waals surface area contributed by atoms with Gasteiger partial charge in [-0.05, 0) is 0 Å². The summed E-state index contributed by atoms with van der Waals surface area (Å²) in [6, 6.07) is 11.4. The van der Waals surface area contributed by atoms with E-state index in [9.17, 15) is 9.59 Å². The van der Waals surface area contributed by atoms with E-state index in [0.29, 0.717) is 94.1 Å². The van der Waals surface area contributed by atoms with Crippen LogP contribution in [0.4, 0.5) is 0 Å². The Hall–Kier alpha value is -4.16. The van der Waals surface area contributed by atoms with Crippen molar-refractivity contribution in [3.05, 3.63) is 70.2 Å². The van der Waals surface area contributed by atoms with Crippen LogP contribution >= 0.6 is 23.2 Å². The van der Waals surface area contributed by atoms with Gasteiger partial charge in [-0.1, -0.05) is 66.5 Å². The number of hydrogen-bond donors (Lipinski definition) is 1. The molecule has 11 nitrogen and oxygen atoms in total. The highest BCUT2D eigenvalue weighted by Crippen LogP contribution is 2.42. The van der Waals surface area contributed by atoms with Gasteiger partial charge in [0.1, 0.15) is 17.2 Å². The third kappa shape index (κ3) is 6.73. The van der Waals surface area contributed by atoms with E-state index < -0.39 is 0 Å². The number of nitrogens with one attached hydrogen (secondary N) is 1. The molecule has 1 amide bonds. The van der Waals surface area contributed by atoms with Crippen LogP contribution in [0.25, 0.3) is 33.6 Å². The molecule has 2 fully saturated rings. The zero-order valence-corrected chi connectivity index (χ0v) is 28.8. The van der Waals surface area contributed by atoms with E-state index in [1.807, 2.05) is 43.3 Å². The fourth-order valence-electron chi connectivity index (χ4n) is 6.16. The number of aromatic nitrogens is 4. The van der Waals surface area contributed by atoms with Gasteiger partial charge in [0.15, 0.2) is 0 Å². The van der Waals surface area contributed by atoms with Crippen LogP contribution in [0.3, 0.4) is 0 Å². The number of ketones is 1. The van der Waals surface area contributed by atoms with Gasteiger partial charge in [-0.2, -0.15) is 0 Å². The lowest BCUT2D eigenvalue weighted by Gasteiger charge is -2.38. The van der Waals surface area contributed by atoms with Crippen molar-refractivity contribution in [3.8, 4) is 45.4 Å². The molecule has 2 aliphatic rings. The number of carbonyl (C=O) groups is 2. The van der Waals surface area contributed by atoms with Gasteiger partial charge in [-0.15, -0.1) is 0 Å². The lowest BCUT2D eigenvalue weighted by atomic mass is 9.93. The van der Waals surface area contributed by atoms with Crippen molar-refractivity contribution in [2.24, 2.45) is 11.8 Å². The molecule has 13 heteroatoms. The summed E-state index contributed by atoms with van der Waals surface area (Å²) in [6.45, 7) is 5.71. The fraction of sp³-hybridized carbons (Fsp3) is 0.371. The Bertz CT molecular complexity index is 1710. The number of methoxy groups -OCH3 is 2. The number of carbonyl (C=O) groups excluding carboxylic acids is 2. The van der Waals surface area contributed by atoms with Crippen LogP contribution < -0.4 is 14.8 Å². The number of nitrogens with zero attached hydrogens (tertiary/aromatic N) is 6. The molecule has 2 saturated heterocycles. The van der Waals surface area contributed by atoms with Crippen molar-refractivity contribution in [3.63, 3.8) is 0 Å². The molecule has 0 saturated carbocycles. The molecule has 0 aliphatic carbocycles. The minimum Gasteiger partial charge on any atom is -0.480 e. The highest BCUT2D eigenvalue weighted by Gasteiger charge is 2.33. The van der Waals surface area contributed by atoms with Crippen molar-refractivity contribution in [2.45, 2.75) is 26.4 Å². The van der Waals surface area contributed by atoms with E-state index in [2.05, 4.69) is 25.1 Å². The molecule has 0 unspecified atom stereocenters. The molecular weight excluding hydrogens is 653 g/mol. The predicted octanol–water partition coefficient (Wildman–Crippen LogP) is 5.18. The first-order valence-electron chi connectivity index (χ1n) is 15.8. The zero-order chi connectivity index (χ0) is 33.9. The molecular formula is C35H37Cl2N7O4. The quantitative estimate of drug-likeness (QED) is 0.213. The van der Waals surface area contributed by atoms with Gasteiger partial charge in [-0.25, -0.2) is 9.97 Å². The van der Waals surface area contributed by atoms with E-state index in [0.717, 1.165) is 24.2 Å². The first-order valence-corrected chi connectivity index (χ1v) is 16.6. The zero-order valence-electron chi connectivity index (χ0n) is 27.3. The Morgan fingerprint density at radius 3 is 1.62 bits per heavy atom. The molecule has 0 spiro atoms. The first-order chi connectivity index (χ1) is 23.2. The van der Waals surface area contributed by atoms with Crippen LogP contribution in [0.15, 0.2) is 48.8 Å². The summed E-state index contributed by atoms with van der Waals surface area (Å²) in [4.78, 5) is 47.0. The van der Waals surface area contributed by atoms with Crippen LogP contribution in [0.2, 0.25) is 10.0 Å². The number of amides is 1. The molecule has 0 bridgehead atoms.